The van der Waals surface area contributed by atoms with Crippen LogP contribution in [0.15, 0.2) is 60.1 Å². The lowest BCUT2D eigenvalue weighted by molar-refractivity contribution is -0.120. The highest BCUT2D eigenvalue weighted by Gasteiger charge is 2.15. The van der Waals surface area contributed by atoms with E-state index < -0.39 is 0 Å². The fourth-order valence-electron chi connectivity index (χ4n) is 3.18. The fraction of sp³-hybridized carbons (Fsp3) is 0.143. The van der Waals surface area contributed by atoms with Gasteiger partial charge in [0.05, 0.1) is 12.1 Å². The number of carbonyl (C=O) groups excluding carboxylic acids is 1. The number of carbonyl (C=O) groups is 1. The summed E-state index contributed by atoms with van der Waals surface area (Å²) in [6, 6.07) is 15.7. The number of hydrogen-bond donors (Lipinski definition) is 1. The van der Waals surface area contributed by atoms with Crippen LogP contribution in [-0.2, 0) is 17.8 Å². The number of imidazole rings is 1. The maximum atomic E-state index is 12.4. The van der Waals surface area contributed by atoms with E-state index in [1.54, 1.807) is 11.3 Å². The van der Waals surface area contributed by atoms with Gasteiger partial charge in [-0.2, -0.15) is 0 Å². The van der Waals surface area contributed by atoms with Crippen molar-refractivity contribution in [3.8, 4) is 22.8 Å². The molecule has 6 nitrogen and oxygen atoms in total. The second-order valence-electron chi connectivity index (χ2n) is 6.51. The lowest BCUT2D eigenvalue weighted by atomic mass is 10.2. The Morgan fingerprint density at radius 3 is 2.89 bits per heavy atom. The number of amides is 1. The Hall–Kier alpha value is -3.32. The van der Waals surface area contributed by atoms with Crippen LogP contribution in [0.25, 0.3) is 16.2 Å². The van der Waals surface area contributed by atoms with E-state index in [4.69, 9.17) is 9.47 Å². The molecule has 0 bridgehead atoms. The molecule has 0 radical (unpaired) electrons. The topological polar surface area (TPSA) is 64.9 Å². The summed E-state index contributed by atoms with van der Waals surface area (Å²) in [5.41, 5.74) is 3.88. The lowest BCUT2D eigenvalue weighted by Gasteiger charge is -2.06. The van der Waals surface area contributed by atoms with E-state index in [-0.39, 0.29) is 12.7 Å². The largest absolute Gasteiger partial charge is 0.454 e. The van der Waals surface area contributed by atoms with Crippen LogP contribution in [0.3, 0.4) is 0 Å². The molecule has 0 saturated carbocycles. The van der Waals surface area contributed by atoms with Crippen LogP contribution >= 0.6 is 11.3 Å². The number of thiazole rings is 1. The van der Waals surface area contributed by atoms with E-state index in [2.05, 4.69) is 10.3 Å². The number of hydrogen-bond acceptors (Lipinski definition) is 5. The molecule has 0 atom stereocenters. The molecule has 0 unspecified atom stereocenters. The fourth-order valence-corrected chi connectivity index (χ4v) is 4.06. The summed E-state index contributed by atoms with van der Waals surface area (Å²) >= 11 is 1.54. The second kappa shape index (κ2) is 7.01. The number of nitrogens with zero attached hydrogens (tertiary/aromatic N) is 2. The van der Waals surface area contributed by atoms with E-state index in [9.17, 15) is 4.79 Å². The monoisotopic (exact) mass is 391 g/mol. The van der Waals surface area contributed by atoms with Gasteiger partial charge in [-0.25, -0.2) is 4.98 Å². The number of nitrogens with one attached hydrogen (secondary N) is 1. The summed E-state index contributed by atoms with van der Waals surface area (Å²) in [5.74, 6) is 1.43. The van der Waals surface area contributed by atoms with Crippen molar-refractivity contribution in [2.45, 2.75) is 13.0 Å². The molecule has 1 aliphatic rings. The van der Waals surface area contributed by atoms with Crippen molar-refractivity contribution in [2.75, 3.05) is 6.79 Å². The van der Waals surface area contributed by atoms with Crippen LogP contribution in [0.4, 0.5) is 0 Å². The molecular formula is C21H17N3O3S. The first-order valence-corrected chi connectivity index (χ1v) is 9.80. The van der Waals surface area contributed by atoms with Gasteiger partial charge in [0.2, 0.25) is 12.7 Å². The SMILES string of the molecule is O=C(Cc1csc2nc(-c3ccccc3)cn12)NCc1ccc2c(c1)OCO2. The Morgan fingerprint density at radius 2 is 2.00 bits per heavy atom. The van der Waals surface area contributed by atoms with Gasteiger partial charge < -0.3 is 14.8 Å². The smallest absolute Gasteiger partial charge is 0.231 e. The molecule has 1 aliphatic heterocycles. The summed E-state index contributed by atoms with van der Waals surface area (Å²) in [7, 11) is 0. The Labute approximate surface area is 165 Å². The Bertz CT molecular complexity index is 1150. The Morgan fingerprint density at radius 1 is 1.14 bits per heavy atom. The zero-order valence-electron chi connectivity index (χ0n) is 14.9. The van der Waals surface area contributed by atoms with E-state index in [1.165, 1.54) is 0 Å². The first-order chi connectivity index (χ1) is 13.8. The van der Waals surface area contributed by atoms with E-state index >= 15 is 0 Å². The average molecular weight is 391 g/mol. The molecule has 0 saturated heterocycles. The first kappa shape index (κ1) is 16.8. The van der Waals surface area contributed by atoms with Crippen LogP contribution in [0, 0.1) is 0 Å². The van der Waals surface area contributed by atoms with E-state index in [0.29, 0.717) is 13.0 Å². The molecule has 0 aliphatic carbocycles. The molecule has 5 rings (SSSR count). The number of aromatic nitrogens is 2. The molecule has 28 heavy (non-hydrogen) atoms. The highest BCUT2D eigenvalue weighted by Crippen LogP contribution is 2.32. The summed E-state index contributed by atoms with van der Waals surface area (Å²) < 4.78 is 12.7. The van der Waals surface area contributed by atoms with Crippen molar-refractivity contribution >= 4 is 22.2 Å². The van der Waals surface area contributed by atoms with Gasteiger partial charge in [0.1, 0.15) is 0 Å². The molecule has 2 aromatic heterocycles. The zero-order valence-corrected chi connectivity index (χ0v) is 15.7. The van der Waals surface area contributed by atoms with E-state index in [0.717, 1.165) is 39.0 Å². The number of benzene rings is 2. The molecule has 140 valence electrons. The minimum absolute atomic E-state index is 0.0349. The summed E-state index contributed by atoms with van der Waals surface area (Å²) in [6.45, 7) is 0.692. The first-order valence-electron chi connectivity index (χ1n) is 8.92. The quantitative estimate of drug-likeness (QED) is 0.564. The molecule has 0 spiro atoms. The maximum absolute atomic E-state index is 12.4. The van der Waals surface area contributed by atoms with Gasteiger partial charge in [-0.3, -0.25) is 9.20 Å². The van der Waals surface area contributed by atoms with Gasteiger partial charge in [0.15, 0.2) is 16.5 Å². The van der Waals surface area contributed by atoms with Gasteiger partial charge in [-0.15, -0.1) is 11.3 Å². The van der Waals surface area contributed by atoms with Crippen molar-refractivity contribution < 1.29 is 14.3 Å². The Kier molecular flexibility index (Phi) is 4.21. The molecule has 3 heterocycles. The predicted octanol–water partition coefficient (Wildman–Crippen LogP) is 3.65. The van der Waals surface area contributed by atoms with Crippen LogP contribution in [0.1, 0.15) is 11.3 Å². The van der Waals surface area contributed by atoms with Crippen LogP contribution in [0.5, 0.6) is 11.5 Å². The lowest BCUT2D eigenvalue weighted by Crippen LogP contribution is -2.24. The molecule has 1 amide bonds. The average Bonchev–Trinajstić information content (AvgIpc) is 3.43. The van der Waals surface area contributed by atoms with Gasteiger partial charge in [-0.05, 0) is 17.7 Å². The van der Waals surface area contributed by atoms with Crippen molar-refractivity contribution in [3.63, 3.8) is 0 Å². The summed E-state index contributed by atoms with van der Waals surface area (Å²) in [6.07, 6.45) is 2.29. The zero-order chi connectivity index (χ0) is 18.9. The predicted molar refractivity (Wildman–Crippen MR) is 107 cm³/mol. The van der Waals surface area contributed by atoms with Gasteiger partial charge >= 0.3 is 0 Å². The number of ether oxygens (including phenoxy) is 2. The molecule has 1 N–H and O–H groups in total. The summed E-state index contributed by atoms with van der Waals surface area (Å²) in [5, 5.41) is 4.95. The third kappa shape index (κ3) is 3.20. The van der Waals surface area contributed by atoms with Crippen molar-refractivity contribution in [3.05, 3.63) is 71.4 Å². The second-order valence-corrected chi connectivity index (χ2v) is 7.35. The third-order valence-electron chi connectivity index (χ3n) is 4.62. The summed E-state index contributed by atoms with van der Waals surface area (Å²) in [4.78, 5) is 18.0. The van der Waals surface area contributed by atoms with E-state index in [1.807, 2.05) is 64.5 Å². The van der Waals surface area contributed by atoms with Gasteiger partial charge in [-0.1, -0.05) is 36.4 Å². The third-order valence-corrected chi connectivity index (χ3v) is 5.51. The van der Waals surface area contributed by atoms with Crippen molar-refractivity contribution in [1.29, 1.82) is 0 Å². The molecule has 7 heteroatoms. The molecule has 4 aromatic rings. The minimum atomic E-state index is -0.0349. The Balaban J connectivity index is 1.27. The normalized spacial score (nSPS) is 12.4. The molecule has 2 aromatic carbocycles. The van der Waals surface area contributed by atoms with Gasteiger partial charge in [0.25, 0.3) is 0 Å². The van der Waals surface area contributed by atoms with Crippen LogP contribution < -0.4 is 14.8 Å². The standard InChI is InChI=1S/C21H17N3O3S/c25-20(22-10-14-6-7-18-19(8-14)27-13-26-18)9-16-12-28-21-23-17(11-24(16)21)15-4-2-1-3-5-15/h1-8,11-12H,9-10,13H2,(H,22,25). The number of rotatable bonds is 5. The molecular weight excluding hydrogens is 374 g/mol. The highest BCUT2D eigenvalue weighted by molar-refractivity contribution is 7.15. The molecule has 0 fully saturated rings. The van der Waals surface area contributed by atoms with Crippen LogP contribution in [0.2, 0.25) is 0 Å². The maximum Gasteiger partial charge on any atom is 0.231 e. The van der Waals surface area contributed by atoms with Crippen molar-refractivity contribution in [2.24, 2.45) is 0 Å². The highest BCUT2D eigenvalue weighted by atomic mass is 32.1. The minimum Gasteiger partial charge on any atom is -0.454 e. The van der Waals surface area contributed by atoms with Crippen LogP contribution in [-0.4, -0.2) is 22.1 Å². The van der Waals surface area contributed by atoms with Gasteiger partial charge in [0, 0.05) is 29.4 Å². The number of fused-ring (bicyclic) bond motifs is 2. The van der Waals surface area contributed by atoms with Crippen molar-refractivity contribution in [1.82, 2.24) is 14.7 Å².